The SMILES string of the molecule is COc1cc([C@H]2NCCS2)cc(I)c1O. The molecule has 1 atom stereocenters. The number of halogens is 1. The number of ether oxygens (including phenoxy) is 1. The Bertz CT molecular complexity index is 367. The van der Waals surface area contributed by atoms with Gasteiger partial charge in [0.15, 0.2) is 11.5 Å². The molecular formula is C10H12INO2S. The second-order valence-electron chi connectivity index (χ2n) is 3.26. The number of rotatable bonds is 2. The van der Waals surface area contributed by atoms with E-state index in [4.69, 9.17) is 4.74 Å². The highest BCUT2D eigenvalue weighted by atomic mass is 127. The maximum Gasteiger partial charge on any atom is 0.171 e. The van der Waals surface area contributed by atoms with Gasteiger partial charge in [-0.05, 0) is 40.3 Å². The highest BCUT2D eigenvalue weighted by Crippen LogP contribution is 2.38. The fraction of sp³-hybridized carbons (Fsp3) is 0.400. The van der Waals surface area contributed by atoms with E-state index in [-0.39, 0.29) is 5.75 Å². The first kappa shape index (κ1) is 11.3. The standard InChI is InChI=1S/C10H12INO2S/c1-14-8-5-6(4-7(11)9(8)13)10-12-2-3-15-10/h4-5,10,12-13H,2-3H2,1H3/t10-/m0/s1. The van der Waals surface area contributed by atoms with Crippen molar-refractivity contribution in [2.45, 2.75) is 5.37 Å². The summed E-state index contributed by atoms with van der Waals surface area (Å²) in [5.41, 5.74) is 1.16. The van der Waals surface area contributed by atoms with Crippen molar-refractivity contribution in [1.82, 2.24) is 5.32 Å². The second kappa shape index (κ2) is 4.80. The molecule has 1 saturated heterocycles. The van der Waals surface area contributed by atoms with Crippen molar-refractivity contribution >= 4 is 34.4 Å². The van der Waals surface area contributed by atoms with Crippen molar-refractivity contribution in [2.24, 2.45) is 0 Å². The van der Waals surface area contributed by atoms with Crippen LogP contribution in [0.3, 0.4) is 0 Å². The third kappa shape index (κ3) is 2.34. The van der Waals surface area contributed by atoms with E-state index >= 15 is 0 Å². The monoisotopic (exact) mass is 337 g/mol. The number of phenolic OH excluding ortho intramolecular Hbond substituents is 1. The van der Waals surface area contributed by atoms with Crippen LogP contribution in [0.4, 0.5) is 0 Å². The van der Waals surface area contributed by atoms with Crippen LogP contribution in [0.2, 0.25) is 0 Å². The molecule has 1 heterocycles. The summed E-state index contributed by atoms with van der Waals surface area (Å²) in [5.74, 6) is 1.90. The molecule has 2 rings (SSSR count). The maximum atomic E-state index is 9.71. The first-order valence-electron chi connectivity index (χ1n) is 4.63. The molecule has 0 bridgehead atoms. The zero-order valence-electron chi connectivity index (χ0n) is 8.29. The average molecular weight is 337 g/mol. The van der Waals surface area contributed by atoms with Gasteiger partial charge in [-0.3, -0.25) is 0 Å². The number of methoxy groups -OCH3 is 1. The van der Waals surface area contributed by atoms with E-state index in [2.05, 4.69) is 27.9 Å². The van der Waals surface area contributed by atoms with Gasteiger partial charge < -0.3 is 15.2 Å². The summed E-state index contributed by atoms with van der Waals surface area (Å²) in [4.78, 5) is 0. The molecule has 5 heteroatoms. The quantitative estimate of drug-likeness (QED) is 0.813. The summed E-state index contributed by atoms with van der Waals surface area (Å²) < 4.78 is 5.96. The third-order valence-corrected chi connectivity index (χ3v) is 4.32. The normalized spacial score (nSPS) is 20.5. The fourth-order valence-electron chi connectivity index (χ4n) is 1.54. The van der Waals surface area contributed by atoms with Gasteiger partial charge in [-0.2, -0.15) is 0 Å². The predicted molar refractivity (Wildman–Crippen MR) is 70.6 cm³/mol. The van der Waals surface area contributed by atoms with Crippen LogP contribution in [-0.2, 0) is 0 Å². The van der Waals surface area contributed by atoms with Crippen molar-refractivity contribution in [1.29, 1.82) is 0 Å². The van der Waals surface area contributed by atoms with E-state index in [1.54, 1.807) is 7.11 Å². The van der Waals surface area contributed by atoms with Gasteiger partial charge in [0.2, 0.25) is 0 Å². The molecule has 1 aromatic carbocycles. The van der Waals surface area contributed by atoms with Gasteiger partial charge >= 0.3 is 0 Å². The second-order valence-corrected chi connectivity index (χ2v) is 5.63. The van der Waals surface area contributed by atoms with Gasteiger partial charge in [0.25, 0.3) is 0 Å². The minimum Gasteiger partial charge on any atom is -0.504 e. The Balaban J connectivity index is 2.35. The summed E-state index contributed by atoms with van der Waals surface area (Å²) in [6.45, 7) is 1.04. The lowest BCUT2D eigenvalue weighted by Gasteiger charge is -2.13. The Morgan fingerprint density at radius 1 is 1.60 bits per heavy atom. The smallest absolute Gasteiger partial charge is 0.171 e. The van der Waals surface area contributed by atoms with Gasteiger partial charge in [-0.15, -0.1) is 11.8 Å². The zero-order chi connectivity index (χ0) is 10.8. The molecule has 0 aliphatic carbocycles. The Morgan fingerprint density at radius 2 is 2.40 bits per heavy atom. The van der Waals surface area contributed by atoms with Crippen LogP contribution in [0.25, 0.3) is 0 Å². The van der Waals surface area contributed by atoms with Gasteiger partial charge in [0.1, 0.15) is 0 Å². The van der Waals surface area contributed by atoms with E-state index < -0.39 is 0 Å². The van der Waals surface area contributed by atoms with Crippen LogP contribution in [0.1, 0.15) is 10.9 Å². The number of phenols is 1. The Hall–Kier alpha value is -0.140. The number of hydrogen-bond donors (Lipinski definition) is 2. The molecule has 0 amide bonds. The largest absolute Gasteiger partial charge is 0.504 e. The summed E-state index contributed by atoms with van der Waals surface area (Å²) in [6.07, 6.45) is 0. The van der Waals surface area contributed by atoms with E-state index in [1.807, 2.05) is 23.9 Å². The highest BCUT2D eigenvalue weighted by molar-refractivity contribution is 14.1. The van der Waals surface area contributed by atoms with Crippen LogP contribution in [0.5, 0.6) is 11.5 Å². The van der Waals surface area contributed by atoms with Crippen LogP contribution in [0.15, 0.2) is 12.1 Å². The van der Waals surface area contributed by atoms with Crippen molar-refractivity contribution in [3.63, 3.8) is 0 Å². The molecule has 0 unspecified atom stereocenters. The number of aromatic hydroxyl groups is 1. The lowest BCUT2D eigenvalue weighted by atomic mass is 10.2. The van der Waals surface area contributed by atoms with Crippen LogP contribution >= 0.6 is 34.4 Å². The number of nitrogens with one attached hydrogen (secondary N) is 1. The van der Waals surface area contributed by atoms with Gasteiger partial charge in [0.05, 0.1) is 16.1 Å². The van der Waals surface area contributed by atoms with Crippen LogP contribution in [-0.4, -0.2) is 24.5 Å². The molecule has 3 nitrogen and oxygen atoms in total. The summed E-state index contributed by atoms with van der Waals surface area (Å²) >= 11 is 4.00. The Kier molecular flexibility index (Phi) is 3.63. The molecule has 1 aliphatic heterocycles. The molecular weight excluding hydrogens is 325 g/mol. The lowest BCUT2D eigenvalue weighted by Crippen LogP contribution is -2.12. The van der Waals surface area contributed by atoms with Gasteiger partial charge in [-0.25, -0.2) is 0 Å². The molecule has 1 aromatic rings. The topological polar surface area (TPSA) is 41.5 Å². The van der Waals surface area contributed by atoms with Gasteiger partial charge in [-0.1, -0.05) is 0 Å². The molecule has 0 radical (unpaired) electrons. The van der Waals surface area contributed by atoms with E-state index in [0.29, 0.717) is 11.1 Å². The minimum atomic E-state index is 0.227. The van der Waals surface area contributed by atoms with Crippen molar-refractivity contribution in [3.05, 3.63) is 21.3 Å². The summed E-state index contributed by atoms with van der Waals surface area (Å²) in [5, 5.41) is 13.4. The highest BCUT2D eigenvalue weighted by Gasteiger charge is 2.19. The molecule has 82 valence electrons. The van der Waals surface area contributed by atoms with E-state index in [1.165, 1.54) is 0 Å². The Morgan fingerprint density at radius 3 is 3.00 bits per heavy atom. The molecule has 2 N–H and O–H groups in total. The van der Waals surface area contributed by atoms with Crippen molar-refractivity contribution < 1.29 is 9.84 Å². The molecule has 0 spiro atoms. The third-order valence-electron chi connectivity index (χ3n) is 2.29. The molecule has 15 heavy (non-hydrogen) atoms. The fourth-order valence-corrected chi connectivity index (χ4v) is 3.20. The minimum absolute atomic E-state index is 0.227. The lowest BCUT2D eigenvalue weighted by molar-refractivity contribution is 0.371. The zero-order valence-corrected chi connectivity index (χ0v) is 11.3. The molecule has 0 aromatic heterocycles. The first-order chi connectivity index (χ1) is 7.22. The number of thioether (sulfide) groups is 1. The number of benzene rings is 1. The predicted octanol–water partition coefficient (Wildman–Crippen LogP) is 2.34. The first-order valence-corrected chi connectivity index (χ1v) is 6.76. The van der Waals surface area contributed by atoms with Gasteiger partial charge in [0, 0.05) is 12.3 Å². The maximum absolute atomic E-state index is 9.71. The van der Waals surface area contributed by atoms with Crippen LogP contribution in [0, 0.1) is 3.57 Å². The molecule has 1 fully saturated rings. The summed E-state index contributed by atoms with van der Waals surface area (Å²) in [7, 11) is 1.57. The van der Waals surface area contributed by atoms with E-state index in [9.17, 15) is 5.11 Å². The Labute approximate surface area is 107 Å². The number of hydrogen-bond acceptors (Lipinski definition) is 4. The molecule has 1 aliphatic rings. The van der Waals surface area contributed by atoms with Crippen molar-refractivity contribution in [3.8, 4) is 11.5 Å². The van der Waals surface area contributed by atoms with Crippen LogP contribution < -0.4 is 10.1 Å². The average Bonchev–Trinajstić information content (AvgIpc) is 2.75. The van der Waals surface area contributed by atoms with E-state index in [0.717, 1.165) is 21.4 Å². The molecule has 0 saturated carbocycles. The van der Waals surface area contributed by atoms with Crippen molar-refractivity contribution in [2.75, 3.05) is 19.4 Å². The summed E-state index contributed by atoms with van der Waals surface area (Å²) in [6, 6.07) is 3.89.